The Morgan fingerprint density at radius 1 is 0.897 bits per heavy atom. The minimum Gasteiger partial charge on any atom is -0.507 e. The van der Waals surface area contributed by atoms with Crippen LogP contribution in [0.25, 0.3) is 32.7 Å². The number of terminal acetylenes is 1. The molecule has 4 aromatic carbocycles. The van der Waals surface area contributed by atoms with Crippen molar-refractivity contribution in [1.29, 1.82) is 0 Å². The average Bonchev–Trinajstić information content (AvgIpc) is 3.54. The molecular weight excluding hydrogens is 360 g/mol. The van der Waals surface area contributed by atoms with Crippen LogP contribution in [-0.4, -0.2) is 11.1 Å². The summed E-state index contributed by atoms with van der Waals surface area (Å²) < 4.78 is 5.82. The monoisotopic (exact) mass is 378 g/mol. The number of carbonyl (C=O) groups excluding carboxylic acids is 1. The number of ether oxygens (including phenoxy) is 1. The fraction of sp³-hybridized carbons (Fsp3) is 0.115. The average molecular weight is 378 g/mol. The molecular formula is C26H18O3. The molecule has 0 saturated heterocycles. The number of rotatable bonds is 3. The van der Waals surface area contributed by atoms with Crippen molar-refractivity contribution in [2.75, 3.05) is 0 Å². The van der Waals surface area contributed by atoms with E-state index >= 15 is 0 Å². The zero-order valence-corrected chi connectivity index (χ0v) is 15.6. The lowest BCUT2D eigenvalue weighted by molar-refractivity contribution is -0.135. The molecule has 0 aliphatic heterocycles. The summed E-state index contributed by atoms with van der Waals surface area (Å²) in [6.07, 6.45) is 6.11. The second-order valence-electron chi connectivity index (χ2n) is 7.38. The molecule has 0 bridgehead atoms. The first-order valence-corrected chi connectivity index (χ1v) is 9.58. The van der Waals surface area contributed by atoms with Crippen LogP contribution in [0.1, 0.15) is 6.42 Å². The van der Waals surface area contributed by atoms with E-state index in [0.29, 0.717) is 23.3 Å². The van der Waals surface area contributed by atoms with Gasteiger partial charge in [0.25, 0.3) is 0 Å². The minimum absolute atomic E-state index is 0.0441. The Labute approximate surface area is 168 Å². The van der Waals surface area contributed by atoms with Crippen LogP contribution in [0.15, 0.2) is 72.8 Å². The van der Waals surface area contributed by atoms with E-state index in [4.69, 9.17) is 11.2 Å². The summed E-state index contributed by atoms with van der Waals surface area (Å²) in [6, 6.07) is 23.0. The number of hydrogen-bond donors (Lipinski definition) is 1. The zero-order valence-electron chi connectivity index (χ0n) is 15.6. The molecule has 0 aromatic heterocycles. The van der Waals surface area contributed by atoms with Crippen LogP contribution in [0.2, 0.25) is 0 Å². The summed E-state index contributed by atoms with van der Waals surface area (Å²) >= 11 is 0. The van der Waals surface area contributed by atoms with Crippen LogP contribution in [-0.2, 0) is 4.79 Å². The first-order valence-electron chi connectivity index (χ1n) is 9.58. The minimum atomic E-state index is -0.316. The van der Waals surface area contributed by atoms with E-state index in [1.165, 1.54) is 0 Å². The molecule has 0 unspecified atom stereocenters. The Morgan fingerprint density at radius 2 is 1.52 bits per heavy atom. The molecule has 1 N–H and O–H groups in total. The molecule has 29 heavy (non-hydrogen) atoms. The Balaban J connectivity index is 1.76. The van der Waals surface area contributed by atoms with Gasteiger partial charge in [0.15, 0.2) is 0 Å². The lowest BCUT2D eigenvalue weighted by Crippen LogP contribution is -2.12. The van der Waals surface area contributed by atoms with Crippen LogP contribution in [0.5, 0.6) is 11.5 Å². The highest BCUT2D eigenvalue weighted by Crippen LogP contribution is 2.46. The largest absolute Gasteiger partial charge is 0.507 e. The number of hydrogen-bond acceptors (Lipinski definition) is 3. The van der Waals surface area contributed by atoms with Crippen LogP contribution < -0.4 is 4.74 Å². The zero-order chi connectivity index (χ0) is 20.0. The lowest BCUT2D eigenvalue weighted by Gasteiger charge is -2.16. The summed E-state index contributed by atoms with van der Waals surface area (Å²) in [5, 5.41) is 14.6. The van der Waals surface area contributed by atoms with E-state index in [2.05, 4.69) is 5.92 Å². The van der Waals surface area contributed by atoms with E-state index in [-0.39, 0.29) is 23.6 Å². The van der Waals surface area contributed by atoms with Gasteiger partial charge in [0, 0.05) is 17.0 Å². The summed E-state index contributed by atoms with van der Waals surface area (Å²) in [5.41, 5.74) is 1.37. The van der Waals surface area contributed by atoms with Crippen molar-refractivity contribution < 1.29 is 14.6 Å². The molecule has 0 heterocycles. The van der Waals surface area contributed by atoms with Gasteiger partial charge in [-0.2, -0.15) is 0 Å². The maximum atomic E-state index is 12.6. The van der Waals surface area contributed by atoms with E-state index in [1.807, 2.05) is 60.7 Å². The van der Waals surface area contributed by atoms with Crippen molar-refractivity contribution in [3.8, 4) is 35.0 Å². The van der Waals surface area contributed by atoms with Gasteiger partial charge in [-0.25, -0.2) is 0 Å². The van der Waals surface area contributed by atoms with E-state index in [1.54, 1.807) is 12.1 Å². The number of aromatic hydroxyl groups is 1. The Bertz CT molecular complexity index is 1310. The fourth-order valence-electron chi connectivity index (χ4n) is 3.94. The SMILES string of the molecule is C#C[C@H]1C[C@H]1C(=O)Oc1ccc2ccccc2c1-c1c(O)ccc2ccccc12. The van der Waals surface area contributed by atoms with E-state index in [0.717, 1.165) is 21.5 Å². The molecule has 5 rings (SSSR count). The second kappa shape index (κ2) is 6.68. The third-order valence-electron chi connectivity index (χ3n) is 5.57. The number of fused-ring (bicyclic) bond motifs is 2. The number of phenolic OH excluding ortho intramolecular Hbond substituents is 1. The molecule has 0 radical (unpaired) electrons. The fourth-order valence-corrected chi connectivity index (χ4v) is 3.94. The second-order valence-corrected chi connectivity index (χ2v) is 7.38. The van der Waals surface area contributed by atoms with Gasteiger partial charge in [0.2, 0.25) is 0 Å². The Morgan fingerprint density at radius 3 is 2.17 bits per heavy atom. The molecule has 3 nitrogen and oxygen atoms in total. The topological polar surface area (TPSA) is 46.5 Å². The highest BCUT2D eigenvalue weighted by Gasteiger charge is 2.43. The normalized spacial score (nSPS) is 17.8. The Kier molecular flexibility index (Phi) is 4.00. The number of esters is 1. The molecule has 140 valence electrons. The standard InChI is InChI=1S/C26H18O3/c1-2-16-15-21(16)26(28)29-23-14-12-18-8-4-6-10-20(18)25(23)24-19-9-5-3-7-17(19)11-13-22(24)27/h1,3-14,16,21,27H,15H2/t16-,21+/m0/s1. The predicted octanol–water partition coefficient (Wildman–Crippen LogP) is 5.54. The van der Waals surface area contributed by atoms with Gasteiger partial charge in [-0.05, 0) is 40.1 Å². The van der Waals surface area contributed by atoms with Crippen molar-refractivity contribution in [1.82, 2.24) is 0 Å². The molecule has 4 aromatic rings. The van der Waals surface area contributed by atoms with Crippen molar-refractivity contribution in [2.45, 2.75) is 6.42 Å². The molecule has 1 aliphatic carbocycles. The quantitative estimate of drug-likeness (QED) is 0.289. The first kappa shape index (κ1) is 17.3. The highest BCUT2D eigenvalue weighted by molar-refractivity contribution is 6.10. The van der Waals surface area contributed by atoms with Gasteiger partial charge in [0.1, 0.15) is 11.5 Å². The summed E-state index contributed by atoms with van der Waals surface area (Å²) in [4.78, 5) is 12.6. The summed E-state index contributed by atoms with van der Waals surface area (Å²) in [7, 11) is 0. The number of carbonyl (C=O) groups is 1. The smallest absolute Gasteiger partial charge is 0.315 e. The third kappa shape index (κ3) is 2.90. The molecule has 2 atom stereocenters. The van der Waals surface area contributed by atoms with Crippen LogP contribution in [0, 0.1) is 24.2 Å². The van der Waals surface area contributed by atoms with Crippen LogP contribution in [0.4, 0.5) is 0 Å². The molecule has 1 fully saturated rings. The van der Waals surface area contributed by atoms with E-state index < -0.39 is 0 Å². The predicted molar refractivity (Wildman–Crippen MR) is 115 cm³/mol. The lowest BCUT2D eigenvalue weighted by atomic mass is 9.92. The van der Waals surface area contributed by atoms with Gasteiger partial charge in [-0.3, -0.25) is 4.79 Å². The van der Waals surface area contributed by atoms with Gasteiger partial charge in [0.05, 0.1) is 5.92 Å². The van der Waals surface area contributed by atoms with Crippen molar-refractivity contribution in [2.24, 2.45) is 11.8 Å². The maximum Gasteiger partial charge on any atom is 0.315 e. The van der Waals surface area contributed by atoms with Crippen molar-refractivity contribution in [3.05, 3.63) is 72.8 Å². The molecule has 0 amide bonds. The van der Waals surface area contributed by atoms with Crippen molar-refractivity contribution >= 4 is 27.5 Å². The number of benzene rings is 4. The molecule has 0 spiro atoms. The van der Waals surface area contributed by atoms with Crippen molar-refractivity contribution in [3.63, 3.8) is 0 Å². The van der Waals surface area contributed by atoms with Gasteiger partial charge >= 0.3 is 5.97 Å². The summed E-state index contributed by atoms with van der Waals surface area (Å²) in [6.45, 7) is 0. The van der Waals surface area contributed by atoms with Gasteiger partial charge in [-0.15, -0.1) is 12.3 Å². The number of phenols is 1. The van der Waals surface area contributed by atoms with Gasteiger partial charge < -0.3 is 9.84 Å². The molecule has 3 heteroatoms. The summed E-state index contributed by atoms with van der Waals surface area (Å²) in [5.74, 6) is 2.59. The van der Waals surface area contributed by atoms with E-state index in [9.17, 15) is 9.90 Å². The molecule has 1 saturated carbocycles. The third-order valence-corrected chi connectivity index (χ3v) is 5.57. The van der Waals surface area contributed by atoms with Crippen LogP contribution >= 0.6 is 0 Å². The van der Waals surface area contributed by atoms with Crippen LogP contribution in [0.3, 0.4) is 0 Å². The highest BCUT2D eigenvalue weighted by atomic mass is 16.5. The van der Waals surface area contributed by atoms with Gasteiger partial charge in [-0.1, -0.05) is 60.7 Å². The maximum absolute atomic E-state index is 12.6. The molecule has 1 aliphatic rings. The first-order chi connectivity index (χ1) is 14.2. The Hall–Kier alpha value is -3.77.